The van der Waals surface area contributed by atoms with E-state index in [1.54, 1.807) is 66.7 Å². The van der Waals surface area contributed by atoms with Gasteiger partial charge in [-0.15, -0.1) is 0 Å². The van der Waals surface area contributed by atoms with Crippen molar-refractivity contribution >= 4 is 21.4 Å². The molecule has 0 aromatic heterocycles. The smallest absolute Gasteiger partial charge is 0.261 e. The monoisotopic (exact) mass is 370 g/mol. The maximum Gasteiger partial charge on any atom is 0.261 e. The second-order valence-electron chi connectivity index (χ2n) is 5.94. The molecule has 2 N–H and O–H groups in total. The van der Waals surface area contributed by atoms with Gasteiger partial charge < -0.3 is 5.32 Å². The van der Waals surface area contributed by atoms with Gasteiger partial charge in [-0.1, -0.05) is 35.9 Å². The lowest BCUT2D eigenvalue weighted by atomic mass is 10.2. The van der Waals surface area contributed by atoms with Crippen LogP contribution in [0.5, 0.6) is 0 Å². The Morgan fingerprint density at radius 1 is 0.846 bits per heavy atom. The number of hydrogen-bond donors (Lipinski definition) is 2. The second kappa shape index (κ2) is 7.58. The van der Waals surface area contributed by atoms with Gasteiger partial charge in [0.1, 0.15) is 5.82 Å². The summed E-state index contributed by atoms with van der Waals surface area (Å²) in [6.07, 6.45) is 0. The summed E-state index contributed by atoms with van der Waals surface area (Å²) in [5.74, 6) is -0.262. The Kier molecular flexibility index (Phi) is 5.23. The number of rotatable bonds is 6. The molecule has 3 aromatic carbocycles. The summed E-state index contributed by atoms with van der Waals surface area (Å²) < 4.78 is 40.9. The summed E-state index contributed by atoms with van der Waals surface area (Å²) in [4.78, 5) is 0.213. The third-order valence-electron chi connectivity index (χ3n) is 3.91. The van der Waals surface area contributed by atoms with E-state index in [2.05, 4.69) is 10.0 Å². The van der Waals surface area contributed by atoms with E-state index in [-0.39, 0.29) is 10.7 Å². The lowest BCUT2D eigenvalue weighted by Crippen LogP contribution is -2.12. The average Bonchev–Trinajstić information content (AvgIpc) is 2.62. The fraction of sp³-hybridized carbons (Fsp3) is 0.100. The zero-order valence-electron chi connectivity index (χ0n) is 14.2. The zero-order chi connectivity index (χ0) is 18.6. The zero-order valence-corrected chi connectivity index (χ0v) is 15.1. The number of halogens is 1. The van der Waals surface area contributed by atoms with Gasteiger partial charge in [0, 0.05) is 23.5 Å². The largest absolute Gasteiger partial charge is 0.381 e. The number of anilines is 2. The van der Waals surface area contributed by atoms with Gasteiger partial charge in [-0.3, -0.25) is 4.72 Å². The molecule has 0 heterocycles. The molecule has 0 fully saturated rings. The first kappa shape index (κ1) is 17.9. The normalized spacial score (nSPS) is 11.2. The van der Waals surface area contributed by atoms with E-state index in [0.29, 0.717) is 17.8 Å². The van der Waals surface area contributed by atoms with E-state index in [4.69, 9.17) is 0 Å². The molecule has 3 aromatic rings. The van der Waals surface area contributed by atoms with Gasteiger partial charge in [0.2, 0.25) is 0 Å². The van der Waals surface area contributed by atoms with Gasteiger partial charge in [0.05, 0.1) is 4.90 Å². The van der Waals surface area contributed by atoms with Crippen molar-refractivity contribution in [2.45, 2.75) is 18.4 Å². The van der Waals surface area contributed by atoms with Crippen LogP contribution in [0.4, 0.5) is 15.8 Å². The van der Waals surface area contributed by atoms with E-state index in [0.717, 1.165) is 11.3 Å². The van der Waals surface area contributed by atoms with Gasteiger partial charge >= 0.3 is 0 Å². The molecule has 0 bridgehead atoms. The maximum absolute atomic E-state index is 13.6. The van der Waals surface area contributed by atoms with E-state index in [9.17, 15) is 12.8 Å². The van der Waals surface area contributed by atoms with Crippen LogP contribution in [0.1, 0.15) is 11.1 Å². The van der Waals surface area contributed by atoms with Crippen LogP contribution in [0.15, 0.2) is 77.7 Å². The summed E-state index contributed by atoms with van der Waals surface area (Å²) in [6, 6.07) is 20.0. The third-order valence-corrected chi connectivity index (χ3v) is 5.31. The number of nitrogens with one attached hydrogen (secondary N) is 2. The van der Waals surface area contributed by atoms with Crippen LogP contribution >= 0.6 is 0 Å². The fourth-order valence-electron chi connectivity index (χ4n) is 2.43. The SMILES string of the molecule is Cc1ccc(S(=O)(=O)Nc2ccc(NCc3ccccc3F)cc2)cc1. The molecule has 0 saturated carbocycles. The highest BCUT2D eigenvalue weighted by molar-refractivity contribution is 7.92. The summed E-state index contributed by atoms with van der Waals surface area (Å²) in [7, 11) is -3.62. The number of benzene rings is 3. The molecular formula is C20H19FN2O2S. The highest BCUT2D eigenvalue weighted by Crippen LogP contribution is 2.19. The van der Waals surface area contributed by atoms with Crippen molar-refractivity contribution in [3.05, 3.63) is 89.7 Å². The Labute approximate surface area is 152 Å². The van der Waals surface area contributed by atoms with E-state index in [1.165, 1.54) is 6.07 Å². The van der Waals surface area contributed by atoms with Crippen molar-refractivity contribution in [3.8, 4) is 0 Å². The molecule has 3 rings (SSSR count). The van der Waals surface area contributed by atoms with Crippen LogP contribution in [0, 0.1) is 12.7 Å². The van der Waals surface area contributed by atoms with E-state index in [1.807, 2.05) is 6.92 Å². The minimum Gasteiger partial charge on any atom is -0.381 e. The summed E-state index contributed by atoms with van der Waals surface area (Å²) in [5.41, 5.74) is 2.79. The number of hydrogen-bond acceptors (Lipinski definition) is 3. The van der Waals surface area contributed by atoms with Crippen LogP contribution in [0.25, 0.3) is 0 Å². The fourth-order valence-corrected chi connectivity index (χ4v) is 3.49. The first-order chi connectivity index (χ1) is 12.4. The molecule has 0 amide bonds. The molecule has 4 nitrogen and oxygen atoms in total. The molecular weight excluding hydrogens is 351 g/mol. The predicted molar refractivity (Wildman–Crippen MR) is 102 cm³/mol. The molecule has 0 unspecified atom stereocenters. The van der Waals surface area contributed by atoms with Gasteiger partial charge in [0.25, 0.3) is 10.0 Å². The quantitative estimate of drug-likeness (QED) is 0.669. The first-order valence-corrected chi connectivity index (χ1v) is 9.59. The van der Waals surface area contributed by atoms with Crippen LogP contribution in [-0.4, -0.2) is 8.42 Å². The lowest BCUT2D eigenvalue weighted by molar-refractivity contribution is 0.601. The summed E-state index contributed by atoms with van der Waals surface area (Å²) in [5, 5.41) is 3.11. The van der Waals surface area contributed by atoms with Crippen LogP contribution in [-0.2, 0) is 16.6 Å². The predicted octanol–water partition coefficient (Wildman–Crippen LogP) is 4.55. The second-order valence-corrected chi connectivity index (χ2v) is 7.62. The van der Waals surface area contributed by atoms with Crippen molar-refractivity contribution in [3.63, 3.8) is 0 Å². The third kappa shape index (κ3) is 4.40. The van der Waals surface area contributed by atoms with Crippen molar-refractivity contribution in [1.29, 1.82) is 0 Å². The molecule has 0 saturated heterocycles. The molecule has 6 heteroatoms. The molecule has 0 aliphatic heterocycles. The number of sulfonamides is 1. The Hall–Kier alpha value is -2.86. The first-order valence-electron chi connectivity index (χ1n) is 8.11. The highest BCUT2D eigenvalue weighted by atomic mass is 32.2. The minimum atomic E-state index is -3.62. The van der Waals surface area contributed by atoms with Gasteiger partial charge in [-0.05, 0) is 49.4 Å². The van der Waals surface area contributed by atoms with E-state index >= 15 is 0 Å². The molecule has 26 heavy (non-hydrogen) atoms. The van der Waals surface area contributed by atoms with Crippen LogP contribution < -0.4 is 10.0 Å². The molecule has 0 radical (unpaired) electrons. The van der Waals surface area contributed by atoms with Crippen molar-refractivity contribution < 1.29 is 12.8 Å². The Bertz CT molecular complexity index is 985. The van der Waals surface area contributed by atoms with Crippen LogP contribution in [0.3, 0.4) is 0 Å². The van der Waals surface area contributed by atoms with Gasteiger partial charge in [-0.25, -0.2) is 12.8 Å². The Morgan fingerprint density at radius 3 is 2.12 bits per heavy atom. The molecule has 0 aliphatic carbocycles. The lowest BCUT2D eigenvalue weighted by Gasteiger charge is -2.11. The van der Waals surface area contributed by atoms with E-state index < -0.39 is 10.0 Å². The van der Waals surface area contributed by atoms with Gasteiger partial charge in [-0.2, -0.15) is 0 Å². The topological polar surface area (TPSA) is 58.2 Å². The molecule has 0 spiro atoms. The standard InChI is InChI=1S/C20H19FN2O2S/c1-15-6-12-19(13-7-15)26(24,25)23-18-10-8-17(9-11-18)22-14-16-4-2-3-5-20(16)21/h2-13,22-23H,14H2,1H3. The van der Waals surface area contributed by atoms with Crippen molar-refractivity contribution in [2.24, 2.45) is 0 Å². The summed E-state index contributed by atoms with van der Waals surface area (Å²) in [6.45, 7) is 2.25. The van der Waals surface area contributed by atoms with Crippen molar-refractivity contribution in [2.75, 3.05) is 10.0 Å². The molecule has 0 aliphatic rings. The highest BCUT2D eigenvalue weighted by Gasteiger charge is 2.13. The average molecular weight is 370 g/mol. The minimum absolute atomic E-state index is 0.213. The van der Waals surface area contributed by atoms with Crippen LogP contribution in [0.2, 0.25) is 0 Å². The molecule has 134 valence electrons. The number of aryl methyl sites for hydroxylation is 1. The Morgan fingerprint density at radius 2 is 1.46 bits per heavy atom. The summed E-state index contributed by atoms with van der Waals surface area (Å²) >= 11 is 0. The van der Waals surface area contributed by atoms with Crippen molar-refractivity contribution in [1.82, 2.24) is 0 Å². The van der Waals surface area contributed by atoms with Gasteiger partial charge in [0.15, 0.2) is 0 Å². The molecule has 0 atom stereocenters. The maximum atomic E-state index is 13.6. The Balaban J connectivity index is 1.66.